The van der Waals surface area contributed by atoms with E-state index >= 15 is 0 Å². The van der Waals surface area contributed by atoms with Crippen LogP contribution in [0.1, 0.15) is 0 Å². The summed E-state index contributed by atoms with van der Waals surface area (Å²) in [5.41, 5.74) is 6.50. The largest absolute Gasteiger partial charge is 0.274 e. The molecule has 0 aliphatic rings. The van der Waals surface area contributed by atoms with Gasteiger partial charge in [-0.3, -0.25) is 9.20 Å². The van der Waals surface area contributed by atoms with Crippen LogP contribution in [0.4, 0.5) is 0 Å². The van der Waals surface area contributed by atoms with Gasteiger partial charge in [-0.05, 0) is 40.3 Å². The Morgan fingerprint density at radius 2 is 1.00 bits per heavy atom. The topological polar surface area (TPSA) is 21.5 Å². The Labute approximate surface area is 190 Å². The minimum atomic E-state index is 0.0361. The van der Waals surface area contributed by atoms with Gasteiger partial charge in [-0.1, -0.05) is 97.1 Å². The van der Waals surface area contributed by atoms with E-state index in [4.69, 9.17) is 0 Å². The van der Waals surface area contributed by atoms with Crippen LogP contribution in [0.25, 0.3) is 60.2 Å². The van der Waals surface area contributed by atoms with E-state index in [1.54, 1.807) is 0 Å². The van der Waals surface area contributed by atoms with Crippen LogP contribution in [-0.2, 0) is 0 Å². The van der Waals surface area contributed by atoms with Crippen LogP contribution in [-0.4, -0.2) is 4.40 Å². The molecule has 33 heavy (non-hydrogen) atoms. The summed E-state index contributed by atoms with van der Waals surface area (Å²) in [6.07, 6.45) is 0. The molecule has 0 aliphatic carbocycles. The van der Waals surface area contributed by atoms with Gasteiger partial charge in [0, 0.05) is 27.1 Å². The first kappa shape index (κ1) is 18.2. The lowest BCUT2D eigenvalue weighted by Crippen LogP contribution is -2.13. The SMILES string of the molecule is O=c1c2ccccc2c2cccc3c4cc(-c5ccccc5)cc(-c5ccccc5)c4n1c23. The highest BCUT2D eigenvalue weighted by atomic mass is 16.1. The zero-order valence-corrected chi connectivity index (χ0v) is 17.8. The molecule has 7 aromatic rings. The van der Waals surface area contributed by atoms with Gasteiger partial charge in [0.1, 0.15) is 0 Å². The van der Waals surface area contributed by atoms with Crippen LogP contribution in [0.2, 0.25) is 0 Å². The molecule has 2 heterocycles. The summed E-state index contributed by atoms with van der Waals surface area (Å²) in [6, 6.07) is 39.6. The zero-order chi connectivity index (χ0) is 21.9. The summed E-state index contributed by atoms with van der Waals surface area (Å²) in [6.45, 7) is 0. The number of rotatable bonds is 2. The average Bonchev–Trinajstić information content (AvgIpc) is 3.23. The summed E-state index contributed by atoms with van der Waals surface area (Å²) in [7, 11) is 0. The Hall–Kier alpha value is -4.43. The second-order valence-electron chi connectivity index (χ2n) is 8.54. The molecule has 0 atom stereocenters. The lowest BCUT2D eigenvalue weighted by Gasteiger charge is -2.10. The van der Waals surface area contributed by atoms with Gasteiger partial charge < -0.3 is 0 Å². The molecule has 0 N–H and O–H groups in total. The maximum atomic E-state index is 13.9. The summed E-state index contributed by atoms with van der Waals surface area (Å²) in [5, 5.41) is 5.08. The van der Waals surface area contributed by atoms with Gasteiger partial charge in [-0.2, -0.15) is 0 Å². The number of hydrogen-bond acceptors (Lipinski definition) is 1. The molecule has 0 saturated carbocycles. The average molecular weight is 421 g/mol. The van der Waals surface area contributed by atoms with Crippen LogP contribution in [0.5, 0.6) is 0 Å². The molecule has 0 bridgehead atoms. The quantitative estimate of drug-likeness (QED) is 0.264. The highest BCUT2D eigenvalue weighted by molar-refractivity contribution is 6.22. The van der Waals surface area contributed by atoms with Gasteiger partial charge in [-0.15, -0.1) is 0 Å². The van der Waals surface area contributed by atoms with E-state index in [9.17, 15) is 4.79 Å². The minimum absolute atomic E-state index is 0.0361. The van der Waals surface area contributed by atoms with Crippen molar-refractivity contribution in [3.8, 4) is 22.3 Å². The standard InChI is InChI=1S/C31H19NO/c33-31-26-15-8-7-14-23(26)24-16-9-17-25-28-19-22(20-10-3-1-4-11-20)18-27(21-12-5-2-6-13-21)30(28)32(31)29(24)25/h1-19H. The van der Waals surface area contributed by atoms with E-state index in [0.717, 1.165) is 60.2 Å². The van der Waals surface area contributed by atoms with Gasteiger partial charge in [0.15, 0.2) is 0 Å². The number of pyridine rings is 1. The van der Waals surface area contributed by atoms with Crippen molar-refractivity contribution in [1.82, 2.24) is 4.40 Å². The molecule has 2 heteroatoms. The number of para-hydroxylation sites is 1. The van der Waals surface area contributed by atoms with Crippen LogP contribution in [0.3, 0.4) is 0 Å². The first-order chi connectivity index (χ1) is 16.3. The molecule has 0 radical (unpaired) electrons. The molecular formula is C31H19NO. The minimum Gasteiger partial charge on any atom is -0.274 e. The molecule has 0 unspecified atom stereocenters. The van der Waals surface area contributed by atoms with Crippen LogP contribution in [0, 0.1) is 0 Å². The molecule has 5 aromatic carbocycles. The first-order valence-corrected chi connectivity index (χ1v) is 11.2. The molecule has 0 aliphatic heterocycles. The van der Waals surface area contributed by atoms with E-state index in [0.29, 0.717) is 0 Å². The van der Waals surface area contributed by atoms with Crippen molar-refractivity contribution >= 4 is 38.0 Å². The predicted octanol–water partition coefficient (Wildman–Crippen LogP) is 7.53. The third-order valence-electron chi connectivity index (χ3n) is 6.73. The molecule has 0 fully saturated rings. The van der Waals surface area contributed by atoms with Gasteiger partial charge >= 0.3 is 0 Å². The number of hydrogen-bond donors (Lipinski definition) is 0. The van der Waals surface area contributed by atoms with Crippen molar-refractivity contribution in [3.63, 3.8) is 0 Å². The maximum Gasteiger partial charge on any atom is 0.263 e. The summed E-state index contributed by atoms with van der Waals surface area (Å²) in [5.74, 6) is 0. The van der Waals surface area contributed by atoms with Gasteiger partial charge in [0.05, 0.1) is 11.0 Å². The monoisotopic (exact) mass is 421 g/mol. The Morgan fingerprint density at radius 1 is 0.424 bits per heavy atom. The Kier molecular flexibility index (Phi) is 3.73. The first-order valence-electron chi connectivity index (χ1n) is 11.2. The molecule has 7 rings (SSSR count). The molecule has 2 nitrogen and oxygen atoms in total. The normalized spacial score (nSPS) is 11.8. The van der Waals surface area contributed by atoms with E-state index in [-0.39, 0.29) is 5.56 Å². The van der Waals surface area contributed by atoms with E-state index in [1.807, 2.05) is 34.7 Å². The van der Waals surface area contributed by atoms with E-state index in [2.05, 4.69) is 84.9 Å². The Balaban J connectivity index is 1.78. The molecular weight excluding hydrogens is 402 g/mol. The predicted molar refractivity (Wildman–Crippen MR) is 138 cm³/mol. The fourth-order valence-corrected chi connectivity index (χ4v) is 5.27. The Bertz CT molecular complexity index is 1870. The molecule has 0 spiro atoms. The van der Waals surface area contributed by atoms with Crippen molar-refractivity contribution in [2.24, 2.45) is 0 Å². The fraction of sp³-hybridized carbons (Fsp3) is 0. The lowest BCUT2D eigenvalue weighted by molar-refractivity contribution is 1.21. The number of benzene rings is 5. The van der Waals surface area contributed by atoms with Crippen LogP contribution >= 0.6 is 0 Å². The zero-order valence-electron chi connectivity index (χ0n) is 17.8. The summed E-state index contributed by atoms with van der Waals surface area (Å²) >= 11 is 0. The second kappa shape index (κ2) is 6.78. The second-order valence-corrected chi connectivity index (χ2v) is 8.54. The number of nitrogens with zero attached hydrogens (tertiary/aromatic N) is 1. The molecule has 0 saturated heterocycles. The lowest BCUT2D eigenvalue weighted by atomic mass is 9.95. The van der Waals surface area contributed by atoms with Gasteiger partial charge in [-0.25, -0.2) is 0 Å². The van der Waals surface area contributed by atoms with Gasteiger partial charge in [0.2, 0.25) is 0 Å². The Morgan fingerprint density at radius 3 is 1.73 bits per heavy atom. The van der Waals surface area contributed by atoms with Crippen molar-refractivity contribution in [2.75, 3.05) is 0 Å². The van der Waals surface area contributed by atoms with Crippen LogP contribution < -0.4 is 5.56 Å². The number of fused-ring (bicyclic) bond motifs is 5. The third-order valence-corrected chi connectivity index (χ3v) is 6.73. The highest BCUT2D eigenvalue weighted by Crippen LogP contribution is 2.41. The summed E-state index contributed by atoms with van der Waals surface area (Å²) in [4.78, 5) is 13.9. The molecule has 154 valence electrons. The molecule has 2 aromatic heterocycles. The maximum absolute atomic E-state index is 13.9. The van der Waals surface area contributed by atoms with Crippen molar-refractivity contribution in [1.29, 1.82) is 0 Å². The highest BCUT2D eigenvalue weighted by Gasteiger charge is 2.20. The van der Waals surface area contributed by atoms with Gasteiger partial charge in [0.25, 0.3) is 5.56 Å². The van der Waals surface area contributed by atoms with E-state index < -0.39 is 0 Å². The van der Waals surface area contributed by atoms with Crippen molar-refractivity contribution < 1.29 is 0 Å². The molecule has 0 amide bonds. The van der Waals surface area contributed by atoms with Crippen molar-refractivity contribution in [3.05, 3.63) is 126 Å². The third kappa shape index (κ3) is 2.52. The fourth-order valence-electron chi connectivity index (χ4n) is 5.27. The smallest absolute Gasteiger partial charge is 0.263 e. The number of aromatic nitrogens is 1. The summed E-state index contributed by atoms with van der Waals surface area (Å²) < 4.78 is 1.94. The van der Waals surface area contributed by atoms with E-state index in [1.165, 1.54) is 0 Å². The van der Waals surface area contributed by atoms with Crippen molar-refractivity contribution in [2.45, 2.75) is 0 Å². The van der Waals surface area contributed by atoms with Crippen LogP contribution in [0.15, 0.2) is 120 Å².